The summed E-state index contributed by atoms with van der Waals surface area (Å²) in [6.45, 7) is 0. The third-order valence-electron chi connectivity index (χ3n) is 11.3. The van der Waals surface area contributed by atoms with Crippen LogP contribution in [0.2, 0.25) is 0 Å². The lowest BCUT2D eigenvalue weighted by Gasteiger charge is -2.14. The fourth-order valence-electron chi connectivity index (χ4n) is 9.37. The molecular formula is C46H24N4. The quantitative estimate of drug-likeness (QED) is 0.180. The van der Waals surface area contributed by atoms with E-state index < -0.39 is 0 Å². The van der Waals surface area contributed by atoms with E-state index in [1.807, 2.05) is 12.1 Å². The molecule has 0 aliphatic heterocycles. The molecule has 0 unspecified atom stereocenters. The molecule has 0 amide bonds. The molecule has 4 heteroatoms. The van der Waals surface area contributed by atoms with Crippen molar-refractivity contribution in [3.8, 4) is 28.2 Å². The Morgan fingerprint density at radius 2 is 1.02 bits per heavy atom. The average Bonchev–Trinajstić information content (AvgIpc) is 3.89. The minimum atomic E-state index is 0.923. The van der Waals surface area contributed by atoms with Crippen molar-refractivity contribution >= 4 is 92.5 Å². The number of hydrogen-bond donors (Lipinski definition) is 0. The normalized spacial score (nSPS) is 12.8. The van der Waals surface area contributed by atoms with Crippen LogP contribution in [-0.2, 0) is 0 Å². The van der Waals surface area contributed by atoms with Crippen LogP contribution < -0.4 is 0 Å². The summed E-state index contributed by atoms with van der Waals surface area (Å²) in [7, 11) is 0. The highest BCUT2D eigenvalue weighted by Gasteiger charge is 2.29. The summed E-state index contributed by atoms with van der Waals surface area (Å²) in [5.74, 6) is 0. The molecule has 4 nitrogen and oxygen atoms in total. The van der Waals surface area contributed by atoms with Crippen LogP contribution in [0.25, 0.3) is 121 Å². The smallest absolute Gasteiger partial charge is 0.0979 e. The molecule has 0 spiro atoms. The van der Waals surface area contributed by atoms with Crippen molar-refractivity contribution in [2.45, 2.75) is 0 Å². The standard InChI is InChI=1S/C46H24N4/c1-2-11-26-25(10-1)20-22-39-41(26)42-45-32(24-33-28-13-4-8-19-37(28)50(39)46(33)42)27-12-3-7-18-36(27)49(45)38-23-21-31-40-29(38)14-9-15-30(40)43-44(31)48-35-17-6-5-16-34(35)47-43/h1-24H. The Morgan fingerprint density at radius 1 is 0.380 bits per heavy atom. The zero-order valence-electron chi connectivity index (χ0n) is 26.6. The van der Waals surface area contributed by atoms with Gasteiger partial charge < -0.3 is 8.97 Å². The van der Waals surface area contributed by atoms with Crippen LogP contribution in [0.4, 0.5) is 0 Å². The Hall–Kier alpha value is -6.78. The van der Waals surface area contributed by atoms with Gasteiger partial charge in [-0.2, -0.15) is 0 Å². The van der Waals surface area contributed by atoms with Gasteiger partial charge in [-0.3, -0.25) is 0 Å². The van der Waals surface area contributed by atoms with Crippen LogP contribution in [0.5, 0.6) is 0 Å². The summed E-state index contributed by atoms with van der Waals surface area (Å²) in [5.41, 5.74) is 13.5. The van der Waals surface area contributed by atoms with Crippen molar-refractivity contribution in [2.24, 2.45) is 0 Å². The number of hydrogen-bond acceptors (Lipinski definition) is 2. The molecule has 4 aromatic heterocycles. The van der Waals surface area contributed by atoms with Gasteiger partial charge in [0.2, 0.25) is 0 Å². The van der Waals surface area contributed by atoms with E-state index in [0.29, 0.717) is 0 Å². The van der Waals surface area contributed by atoms with Crippen LogP contribution in [0, 0.1) is 0 Å². The highest BCUT2D eigenvalue weighted by molar-refractivity contribution is 6.37. The monoisotopic (exact) mass is 632 g/mol. The van der Waals surface area contributed by atoms with E-state index in [2.05, 4.69) is 142 Å². The summed E-state index contributed by atoms with van der Waals surface area (Å²) in [6.07, 6.45) is 0. The minimum absolute atomic E-state index is 0.923. The van der Waals surface area contributed by atoms with Gasteiger partial charge in [0.25, 0.3) is 0 Å². The number of nitrogens with zero attached hydrogens (tertiary/aromatic N) is 4. The minimum Gasteiger partial charge on any atom is -0.308 e. The van der Waals surface area contributed by atoms with Gasteiger partial charge in [-0.1, -0.05) is 97.1 Å². The molecule has 0 radical (unpaired) electrons. The Kier molecular flexibility index (Phi) is 4.36. The highest BCUT2D eigenvalue weighted by atomic mass is 15.0. The molecular weight excluding hydrogens is 609 g/mol. The summed E-state index contributed by atoms with van der Waals surface area (Å²) < 4.78 is 5.05. The van der Waals surface area contributed by atoms with Gasteiger partial charge in [0.05, 0.1) is 55.7 Å². The summed E-state index contributed by atoms with van der Waals surface area (Å²) >= 11 is 0. The largest absolute Gasteiger partial charge is 0.308 e. The number of fused-ring (bicyclic) bond motifs is 16. The molecule has 50 heavy (non-hydrogen) atoms. The van der Waals surface area contributed by atoms with E-state index in [9.17, 15) is 0 Å². The molecule has 1 aliphatic rings. The second-order valence-corrected chi connectivity index (χ2v) is 13.7. The zero-order chi connectivity index (χ0) is 32.2. The fourth-order valence-corrected chi connectivity index (χ4v) is 9.37. The lowest BCUT2D eigenvalue weighted by atomic mass is 9.99. The van der Waals surface area contributed by atoms with Gasteiger partial charge in [-0.05, 0) is 59.3 Å². The zero-order valence-corrected chi connectivity index (χ0v) is 26.6. The van der Waals surface area contributed by atoms with E-state index in [-0.39, 0.29) is 0 Å². The summed E-state index contributed by atoms with van der Waals surface area (Å²) in [6, 6.07) is 53.1. The molecule has 0 N–H and O–H groups in total. The molecule has 8 aromatic carbocycles. The molecule has 0 atom stereocenters. The summed E-state index contributed by atoms with van der Waals surface area (Å²) in [4.78, 5) is 10.3. The highest BCUT2D eigenvalue weighted by Crippen LogP contribution is 2.51. The number of rotatable bonds is 1. The second-order valence-electron chi connectivity index (χ2n) is 13.7. The molecule has 4 heterocycles. The molecule has 0 bridgehead atoms. The first-order valence-electron chi connectivity index (χ1n) is 17.2. The van der Waals surface area contributed by atoms with E-state index >= 15 is 0 Å². The maximum Gasteiger partial charge on any atom is 0.0979 e. The van der Waals surface area contributed by atoms with E-state index in [1.165, 1.54) is 87.1 Å². The predicted octanol–water partition coefficient (Wildman–Crippen LogP) is 11.8. The predicted molar refractivity (Wildman–Crippen MR) is 208 cm³/mol. The average molecular weight is 633 g/mol. The number of para-hydroxylation sites is 4. The van der Waals surface area contributed by atoms with Crippen molar-refractivity contribution < 1.29 is 0 Å². The number of benzene rings is 8. The Bertz CT molecular complexity index is 3440. The van der Waals surface area contributed by atoms with Crippen LogP contribution in [-0.4, -0.2) is 18.9 Å². The van der Waals surface area contributed by atoms with E-state index in [4.69, 9.17) is 9.97 Å². The van der Waals surface area contributed by atoms with Crippen LogP contribution in [0.3, 0.4) is 0 Å². The van der Waals surface area contributed by atoms with E-state index in [0.717, 1.165) is 33.5 Å². The first-order chi connectivity index (χ1) is 24.8. The van der Waals surface area contributed by atoms with Gasteiger partial charge in [-0.25, -0.2) is 9.97 Å². The van der Waals surface area contributed by atoms with Crippen LogP contribution >= 0.6 is 0 Å². The van der Waals surface area contributed by atoms with Crippen molar-refractivity contribution in [2.75, 3.05) is 0 Å². The van der Waals surface area contributed by atoms with E-state index in [1.54, 1.807) is 0 Å². The maximum absolute atomic E-state index is 5.16. The Morgan fingerprint density at radius 3 is 1.84 bits per heavy atom. The number of aromatic nitrogens is 4. The summed E-state index contributed by atoms with van der Waals surface area (Å²) in [5, 5.41) is 12.7. The third-order valence-corrected chi connectivity index (χ3v) is 11.3. The van der Waals surface area contributed by atoms with Gasteiger partial charge in [-0.15, -0.1) is 0 Å². The van der Waals surface area contributed by atoms with Crippen molar-refractivity contribution in [3.05, 3.63) is 146 Å². The lowest BCUT2D eigenvalue weighted by Crippen LogP contribution is -1.96. The van der Waals surface area contributed by atoms with Crippen molar-refractivity contribution in [3.63, 3.8) is 0 Å². The second kappa shape index (κ2) is 8.62. The van der Waals surface area contributed by atoms with Crippen LogP contribution in [0.1, 0.15) is 0 Å². The first-order valence-corrected chi connectivity index (χ1v) is 17.2. The van der Waals surface area contributed by atoms with Gasteiger partial charge in [0.1, 0.15) is 0 Å². The Balaban J connectivity index is 1.27. The first kappa shape index (κ1) is 25.3. The molecule has 0 saturated carbocycles. The molecule has 13 rings (SSSR count). The third kappa shape index (κ3) is 2.84. The fraction of sp³-hybridized carbons (Fsp3) is 0. The molecule has 1 aliphatic carbocycles. The Labute approximate surface area is 284 Å². The van der Waals surface area contributed by atoms with Gasteiger partial charge in [0, 0.05) is 54.2 Å². The molecule has 12 aromatic rings. The molecule has 0 saturated heterocycles. The van der Waals surface area contributed by atoms with Crippen molar-refractivity contribution in [1.82, 2.24) is 18.9 Å². The SMILES string of the molecule is c1ccc2c(c1)ccc1c2c2c3c(cc4c5ccccc5n1c42)c1ccccc1n3-c1ccc2c3c(cccc13)-c1nc3ccccc3nc1-2. The van der Waals surface area contributed by atoms with Crippen molar-refractivity contribution in [1.29, 1.82) is 0 Å². The van der Waals surface area contributed by atoms with Crippen LogP contribution in [0.15, 0.2) is 146 Å². The van der Waals surface area contributed by atoms with Gasteiger partial charge >= 0.3 is 0 Å². The van der Waals surface area contributed by atoms with Gasteiger partial charge in [0.15, 0.2) is 0 Å². The maximum atomic E-state index is 5.16. The topological polar surface area (TPSA) is 35.1 Å². The lowest BCUT2D eigenvalue weighted by molar-refractivity contribution is 1.21. The molecule has 0 fully saturated rings. The molecule has 228 valence electrons.